The van der Waals surface area contributed by atoms with Crippen LogP contribution < -0.4 is 25.3 Å². The topological polar surface area (TPSA) is 65.7 Å². The molecule has 84 valence electrons. The highest BCUT2D eigenvalue weighted by molar-refractivity contribution is 5.62. The van der Waals surface area contributed by atoms with Crippen molar-refractivity contribution in [3.8, 4) is 17.2 Å². The zero-order valence-corrected chi connectivity index (χ0v) is 9.16. The summed E-state index contributed by atoms with van der Waals surface area (Å²) in [6, 6.07) is 3.60. The van der Waals surface area contributed by atoms with E-state index in [0.717, 1.165) is 5.69 Å². The van der Waals surface area contributed by atoms with Crippen LogP contribution >= 0.6 is 0 Å². The fourth-order valence-corrected chi connectivity index (χ4v) is 1.30. The van der Waals surface area contributed by atoms with Gasteiger partial charge in [-0.1, -0.05) is 0 Å². The first-order valence-corrected chi connectivity index (χ1v) is 4.50. The first kappa shape index (κ1) is 11.5. The molecule has 3 N–H and O–H groups in total. The van der Waals surface area contributed by atoms with Crippen molar-refractivity contribution in [3.05, 3.63) is 12.1 Å². The number of anilines is 1. The predicted molar refractivity (Wildman–Crippen MR) is 58.8 cm³/mol. The van der Waals surface area contributed by atoms with Crippen molar-refractivity contribution < 1.29 is 14.2 Å². The lowest BCUT2D eigenvalue weighted by Crippen LogP contribution is -2.11. The normalized spacial score (nSPS) is 9.60. The molecule has 15 heavy (non-hydrogen) atoms. The standard InChI is InChI=1S/C10H16N2O3/c1-13-8-4-7(12-6-11)5-9(14-2)10(8)15-3/h4-5,12H,6,11H2,1-3H3. The van der Waals surface area contributed by atoms with Gasteiger partial charge >= 0.3 is 0 Å². The smallest absolute Gasteiger partial charge is 0.203 e. The van der Waals surface area contributed by atoms with E-state index in [1.54, 1.807) is 33.5 Å². The van der Waals surface area contributed by atoms with Crippen molar-refractivity contribution in [2.24, 2.45) is 5.73 Å². The molecule has 0 heterocycles. The second-order valence-electron chi connectivity index (χ2n) is 2.79. The summed E-state index contributed by atoms with van der Waals surface area (Å²) in [7, 11) is 4.71. The molecular formula is C10H16N2O3. The van der Waals surface area contributed by atoms with Crippen LogP contribution in [0, 0.1) is 0 Å². The van der Waals surface area contributed by atoms with E-state index in [1.165, 1.54) is 0 Å². The van der Waals surface area contributed by atoms with Crippen LogP contribution in [0.2, 0.25) is 0 Å². The van der Waals surface area contributed by atoms with E-state index in [4.69, 9.17) is 19.9 Å². The van der Waals surface area contributed by atoms with Gasteiger partial charge in [-0.05, 0) is 0 Å². The lowest BCUT2D eigenvalue weighted by Gasteiger charge is -2.14. The molecule has 0 fully saturated rings. The molecule has 0 saturated carbocycles. The minimum atomic E-state index is 0.346. The van der Waals surface area contributed by atoms with Gasteiger partial charge in [-0.2, -0.15) is 0 Å². The van der Waals surface area contributed by atoms with Gasteiger partial charge in [-0.15, -0.1) is 0 Å². The van der Waals surface area contributed by atoms with Crippen LogP contribution in [0.1, 0.15) is 0 Å². The number of nitrogens with one attached hydrogen (secondary N) is 1. The molecule has 0 spiro atoms. The second-order valence-corrected chi connectivity index (χ2v) is 2.79. The maximum absolute atomic E-state index is 5.39. The molecule has 5 nitrogen and oxygen atoms in total. The Labute approximate surface area is 89.1 Å². The summed E-state index contributed by atoms with van der Waals surface area (Å²) >= 11 is 0. The minimum Gasteiger partial charge on any atom is -0.493 e. The van der Waals surface area contributed by atoms with E-state index >= 15 is 0 Å². The highest BCUT2D eigenvalue weighted by Gasteiger charge is 2.12. The van der Waals surface area contributed by atoms with E-state index in [9.17, 15) is 0 Å². The van der Waals surface area contributed by atoms with Crippen molar-refractivity contribution in [3.63, 3.8) is 0 Å². The summed E-state index contributed by atoms with van der Waals surface area (Å²) in [6.07, 6.45) is 0. The monoisotopic (exact) mass is 212 g/mol. The predicted octanol–water partition coefficient (Wildman–Crippen LogP) is 1.04. The van der Waals surface area contributed by atoms with Gasteiger partial charge in [-0.3, -0.25) is 0 Å². The molecule has 0 aromatic heterocycles. The molecule has 5 heteroatoms. The van der Waals surface area contributed by atoms with Crippen molar-refractivity contribution in [1.29, 1.82) is 0 Å². The molecule has 0 atom stereocenters. The summed E-state index contributed by atoms with van der Waals surface area (Å²) in [5.41, 5.74) is 6.22. The number of hydrogen-bond donors (Lipinski definition) is 2. The first-order chi connectivity index (χ1) is 7.26. The number of rotatable bonds is 5. The third-order valence-electron chi connectivity index (χ3n) is 1.97. The van der Waals surface area contributed by atoms with Crippen molar-refractivity contribution >= 4 is 5.69 Å². The Hall–Kier alpha value is -1.62. The summed E-state index contributed by atoms with van der Waals surface area (Å²) in [5.74, 6) is 1.78. The Kier molecular flexibility index (Phi) is 4.05. The third-order valence-corrected chi connectivity index (χ3v) is 1.97. The van der Waals surface area contributed by atoms with Gasteiger partial charge in [0.25, 0.3) is 0 Å². The van der Waals surface area contributed by atoms with Gasteiger partial charge in [0, 0.05) is 17.8 Å². The highest BCUT2D eigenvalue weighted by Crippen LogP contribution is 2.39. The fraction of sp³-hybridized carbons (Fsp3) is 0.400. The van der Waals surface area contributed by atoms with Gasteiger partial charge in [0.05, 0.1) is 28.0 Å². The fourth-order valence-electron chi connectivity index (χ4n) is 1.30. The Morgan fingerprint density at radius 2 is 1.60 bits per heavy atom. The van der Waals surface area contributed by atoms with Crippen LogP contribution in [0.4, 0.5) is 5.69 Å². The lowest BCUT2D eigenvalue weighted by atomic mass is 10.2. The van der Waals surface area contributed by atoms with Gasteiger partial charge in [0.2, 0.25) is 5.75 Å². The van der Waals surface area contributed by atoms with Gasteiger partial charge in [0.1, 0.15) is 0 Å². The second kappa shape index (κ2) is 5.31. The molecule has 0 unspecified atom stereocenters. The molecule has 0 bridgehead atoms. The summed E-state index contributed by atoms with van der Waals surface area (Å²) in [6.45, 7) is 0.346. The van der Waals surface area contributed by atoms with Crippen LogP contribution in [0.5, 0.6) is 17.2 Å². The summed E-state index contributed by atoms with van der Waals surface area (Å²) < 4.78 is 15.5. The molecule has 1 aromatic carbocycles. The molecule has 0 saturated heterocycles. The van der Waals surface area contributed by atoms with Crippen LogP contribution in [-0.4, -0.2) is 28.0 Å². The highest BCUT2D eigenvalue weighted by atomic mass is 16.5. The van der Waals surface area contributed by atoms with Crippen molar-refractivity contribution in [1.82, 2.24) is 0 Å². The van der Waals surface area contributed by atoms with E-state index in [1.807, 2.05) is 0 Å². The maximum atomic E-state index is 5.39. The van der Waals surface area contributed by atoms with Crippen LogP contribution in [-0.2, 0) is 0 Å². The number of benzene rings is 1. The number of hydrogen-bond acceptors (Lipinski definition) is 5. The molecule has 0 radical (unpaired) electrons. The van der Waals surface area contributed by atoms with Gasteiger partial charge < -0.3 is 25.3 Å². The van der Waals surface area contributed by atoms with Crippen molar-refractivity contribution in [2.75, 3.05) is 33.3 Å². The zero-order valence-electron chi connectivity index (χ0n) is 9.16. The molecular weight excluding hydrogens is 196 g/mol. The third kappa shape index (κ3) is 2.44. The Morgan fingerprint density at radius 3 is 1.93 bits per heavy atom. The lowest BCUT2D eigenvalue weighted by molar-refractivity contribution is 0.324. The van der Waals surface area contributed by atoms with Crippen LogP contribution in [0.25, 0.3) is 0 Å². The van der Waals surface area contributed by atoms with Crippen molar-refractivity contribution in [2.45, 2.75) is 0 Å². The molecule has 0 aliphatic rings. The molecule has 1 rings (SSSR count). The van der Waals surface area contributed by atoms with E-state index in [-0.39, 0.29) is 0 Å². The molecule has 1 aromatic rings. The molecule has 0 amide bonds. The van der Waals surface area contributed by atoms with E-state index in [0.29, 0.717) is 23.9 Å². The quantitative estimate of drug-likeness (QED) is 0.714. The Balaban J connectivity index is 3.16. The zero-order chi connectivity index (χ0) is 11.3. The number of nitrogens with two attached hydrogens (primary N) is 1. The maximum Gasteiger partial charge on any atom is 0.203 e. The first-order valence-electron chi connectivity index (χ1n) is 4.50. The molecule has 0 aliphatic heterocycles. The van der Waals surface area contributed by atoms with Gasteiger partial charge in [-0.25, -0.2) is 0 Å². The number of ether oxygens (including phenoxy) is 3. The largest absolute Gasteiger partial charge is 0.493 e. The van der Waals surface area contributed by atoms with Crippen LogP contribution in [0.15, 0.2) is 12.1 Å². The van der Waals surface area contributed by atoms with E-state index < -0.39 is 0 Å². The Bertz CT molecular complexity index is 303. The minimum absolute atomic E-state index is 0.346. The Morgan fingerprint density at radius 1 is 1.07 bits per heavy atom. The summed E-state index contributed by atoms with van der Waals surface area (Å²) in [4.78, 5) is 0. The average Bonchev–Trinajstić information content (AvgIpc) is 2.28. The average molecular weight is 212 g/mol. The van der Waals surface area contributed by atoms with Crippen LogP contribution in [0.3, 0.4) is 0 Å². The number of methoxy groups -OCH3 is 3. The van der Waals surface area contributed by atoms with E-state index in [2.05, 4.69) is 5.32 Å². The SMILES string of the molecule is COc1cc(NCN)cc(OC)c1OC. The van der Waals surface area contributed by atoms with Gasteiger partial charge in [0.15, 0.2) is 11.5 Å². The summed E-state index contributed by atoms with van der Waals surface area (Å²) in [5, 5.41) is 2.97. The molecule has 0 aliphatic carbocycles.